The number of aromatic nitrogens is 4. The lowest BCUT2D eigenvalue weighted by atomic mass is 10.0. The molecule has 26 heavy (non-hydrogen) atoms. The highest BCUT2D eigenvalue weighted by Gasteiger charge is 2.16. The lowest BCUT2D eigenvalue weighted by molar-refractivity contribution is 0.373. The van der Waals surface area contributed by atoms with E-state index in [1.165, 1.54) is 13.4 Å². The third-order valence-electron chi connectivity index (χ3n) is 4.16. The van der Waals surface area contributed by atoms with Gasteiger partial charge < -0.3 is 14.6 Å². The highest BCUT2D eigenvalue weighted by Crippen LogP contribution is 2.36. The molecule has 2 heterocycles. The Morgan fingerprint density at radius 3 is 2.38 bits per heavy atom. The van der Waals surface area contributed by atoms with Gasteiger partial charge in [-0.15, -0.1) is 0 Å². The quantitative estimate of drug-likeness (QED) is 0.610. The third kappa shape index (κ3) is 2.59. The minimum absolute atomic E-state index is 0.0516. The van der Waals surface area contributed by atoms with Gasteiger partial charge >= 0.3 is 0 Å². The summed E-state index contributed by atoms with van der Waals surface area (Å²) < 4.78 is 12.0. The molecule has 0 fully saturated rings. The van der Waals surface area contributed by atoms with Gasteiger partial charge in [-0.25, -0.2) is 4.98 Å². The minimum atomic E-state index is 0.0516. The fraction of sp³-hybridized carbons (Fsp3) is 0.105. The van der Waals surface area contributed by atoms with Crippen molar-refractivity contribution in [3.63, 3.8) is 0 Å². The zero-order valence-electron chi connectivity index (χ0n) is 14.2. The average molecular weight is 348 g/mol. The van der Waals surface area contributed by atoms with E-state index < -0.39 is 0 Å². The number of benzene rings is 2. The highest BCUT2D eigenvalue weighted by molar-refractivity contribution is 5.82. The molecule has 0 saturated carbocycles. The summed E-state index contributed by atoms with van der Waals surface area (Å²) in [4.78, 5) is 8.53. The third-order valence-corrected chi connectivity index (χ3v) is 4.16. The van der Waals surface area contributed by atoms with Gasteiger partial charge in [0.1, 0.15) is 12.1 Å². The molecule has 0 aliphatic heterocycles. The topological polar surface area (TPSA) is 81.8 Å². The summed E-state index contributed by atoms with van der Waals surface area (Å²) in [6, 6.07) is 12.9. The second-order valence-electron chi connectivity index (χ2n) is 5.61. The van der Waals surface area contributed by atoms with Crippen molar-refractivity contribution in [2.75, 3.05) is 14.2 Å². The van der Waals surface area contributed by atoms with Crippen LogP contribution >= 0.6 is 0 Å². The van der Waals surface area contributed by atoms with Crippen molar-refractivity contribution in [3.05, 3.63) is 55.0 Å². The van der Waals surface area contributed by atoms with Gasteiger partial charge in [-0.1, -0.05) is 12.1 Å². The van der Waals surface area contributed by atoms with Crippen LogP contribution < -0.4 is 9.47 Å². The van der Waals surface area contributed by atoms with Gasteiger partial charge in [0.25, 0.3) is 5.78 Å². The van der Waals surface area contributed by atoms with Crippen LogP contribution in [0.2, 0.25) is 0 Å². The molecule has 7 heteroatoms. The van der Waals surface area contributed by atoms with Gasteiger partial charge in [0.15, 0.2) is 11.5 Å². The predicted molar refractivity (Wildman–Crippen MR) is 96.4 cm³/mol. The van der Waals surface area contributed by atoms with Gasteiger partial charge in [0, 0.05) is 17.3 Å². The van der Waals surface area contributed by atoms with E-state index in [-0.39, 0.29) is 5.75 Å². The molecule has 2 aromatic heterocycles. The zero-order valence-corrected chi connectivity index (χ0v) is 14.2. The molecular formula is C19H16N4O3. The fourth-order valence-electron chi connectivity index (χ4n) is 2.88. The lowest BCUT2D eigenvalue weighted by Crippen LogP contribution is -2.00. The normalized spacial score (nSPS) is 10.8. The number of phenols is 1. The molecule has 1 N–H and O–H groups in total. The summed E-state index contributed by atoms with van der Waals surface area (Å²) in [5, 5.41) is 14.5. The summed E-state index contributed by atoms with van der Waals surface area (Å²) in [5.74, 6) is 1.71. The van der Waals surface area contributed by atoms with E-state index in [4.69, 9.17) is 9.47 Å². The van der Waals surface area contributed by atoms with Crippen molar-refractivity contribution >= 4 is 5.78 Å². The molecule has 0 bridgehead atoms. The molecule has 4 aromatic rings. The van der Waals surface area contributed by atoms with Gasteiger partial charge in [0.2, 0.25) is 0 Å². The first kappa shape index (κ1) is 15.9. The number of methoxy groups -OCH3 is 2. The number of ether oxygens (including phenoxy) is 2. The molecule has 0 aliphatic rings. The number of aromatic hydroxyl groups is 1. The molecule has 0 aliphatic carbocycles. The largest absolute Gasteiger partial charge is 0.504 e. The maximum Gasteiger partial charge on any atom is 0.252 e. The standard InChI is InChI=1S/C19H16N4O3/c1-25-14-6-3-12(4-7-14)15-10-20-19-21-11-22-23(19)18(15)13-5-8-17(26-2)16(24)9-13/h3-11,24H,1-2H3. The summed E-state index contributed by atoms with van der Waals surface area (Å²) in [6.07, 6.45) is 3.20. The molecule has 2 aromatic carbocycles. The number of hydrogen-bond acceptors (Lipinski definition) is 6. The molecule has 0 amide bonds. The van der Waals surface area contributed by atoms with Crippen LogP contribution in [0.25, 0.3) is 28.2 Å². The molecule has 130 valence electrons. The fourth-order valence-corrected chi connectivity index (χ4v) is 2.88. The van der Waals surface area contributed by atoms with Crippen molar-refractivity contribution in [3.8, 4) is 39.6 Å². The van der Waals surface area contributed by atoms with Crippen LogP contribution in [-0.4, -0.2) is 38.9 Å². The smallest absolute Gasteiger partial charge is 0.252 e. The van der Waals surface area contributed by atoms with Crippen LogP contribution in [-0.2, 0) is 0 Å². The maximum absolute atomic E-state index is 10.2. The number of fused-ring (bicyclic) bond motifs is 1. The summed E-state index contributed by atoms with van der Waals surface area (Å²) >= 11 is 0. The zero-order chi connectivity index (χ0) is 18.1. The van der Waals surface area contributed by atoms with Crippen LogP contribution in [0.4, 0.5) is 0 Å². The number of rotatable bonds is 4. The Bertz CT molecular complexity index is 1070. The SMILES string of the molecule is COc1ccc(-c2cnc3ncnn3c2-c2ccc(OC)c(O)c2)cc1. The Morgan fingerprint density at radius 2 is 1.69 bits per heavy atom. The highest BCUT2D eigenvalue weighted by atomic mass is 16.5. The van der Waals surface area contributed by atoms with Crippen molar-refractivity contribution < 1.29 is 14.6 Å². The lowest BCUT2D eigenvalue weighted by Gasteiger charge is -2.13. The molecule has 0 radical (unpaired) electrons. The second kappa shape index (κ2) is 6.36. The average Bonchev–Trinajstić information content (AvgIpc) is 3.16. The molecule has 0 atom stereocenters. The molecule has 0 spiro atoms. The monoisotopic (exact) mass is 348 g/mol. The Hall–Kier alpha value is -3.61. The van der Waals surface area contributed by atoms with Crippen LogP contribution in [0.1, 0.15) is 0 Å². The number of nitrogens with zero attached hydrogens (tertiary/aromatic N) is 4. The molecule has 0 saturated heterocycles. The summed E-state index contributed by atoms with van der Waals surface area (Å²) in [7, 11) is 3.14. The van der Waals surface area contributed by atoms with E-state index in [2.05, 4.69) is 15.1 Å². The minimum Gasteiger partial charge on any atom is -0.504 e. The first-order valence-corrected chi connectivity index (χ1v) is 7.92. The Kier molecular flexibility index (Phi) is 3.89. The van der Waals surface area contributed by atoms with Crippen molar-refractivity contribution in [2.45, 2.75) is 0 Å². The first-order valence-electron chi connectivity index (χ1n) is 7.92. The Balaban J connectivity index is 1.96. The van der Waals surface area contributed by atoms with Crippen LogP contribution in [0, 0.1) is 0 Å². The van der Waals surface area contributed by atoms with E-state index in [9.17, 15) is 5.11 Å². The van der Waals surface area contributed by atoms with E-state index in [1.807, 2.05) is 30.3 Å². The Morgan fingerprint density at radius 1 is 0.923 bits per heavy atom. The van der Waals surface area contributed by atoms with Crippen molar-refractivity contribution in [1.82, 2.24) is 19.6 Å². The number of hydrogen-bond donors (Lipinski definition) is 1. The van der Waals surface area contributed by atoms with E-state index >= 15 is 0 Å². The van der Waals surface area contributed by atoms with Crippen molar-refractivity contribution in [2.24, 2.45) is 0 Å². The maximum atomic E-state index is 10.2. The summed E-state index contributed by atoms with van der Waals surface area (Å²) in [5.41, 5.74) is 3.35. The van der Waals surface area contributed by atoms with Gasteiger partial charge in [-0.2, -0.15) is 14.6 Å². The van der Waals surface area contributed by atoms with Gasteiger partial charge in [0.05, 0.1) is 19.9 Å². The predicted octanol–water partition coefficient (Wildman–Crippen LogP) is 3.18. The van der Waals surface area contributed by atoms with Gasteiger partial charge in [-0.3, -0.25) is 0 Å². The molecular weight excluding hydrogens is 332 g/mol. The Labute approximate surface area is 149 Å². The van der Waals surface area contributed by atoms with E-state index in [0.29, 0.717) is 11.5 Å². The summed E-state index contributed by atoms with van der Waals surface area (Å²) in [6.45, 7) is 0. The van der Waals surface area contributed by atoms with E-state index in [1.54, 1.807) is 30.0 Å². The first-order chi connectivity index (χ1) is 12.7. The molecule has 4 rings (SSSR count). The van der Waals surface area contributed by atoms with Crippen molar-refractivity contribution in [1.29, 1.82) is 0 Å². The van der Waals surface area contributed by atoms with Crippen LogP contribution in [0.5, 0.6) is 17.2 Å². The molecule has 0 unspecified atom stereocenters. The van der Waals surface area contributed by atoms with Gasteiger partial charge in [-0.05, 0) is 35.9 Å². The van der Waals surface area contributed by atoms with E-state index in [0.717, 1.165) is 28.1 Å². The second-order valence-corrected chi connectivity index (χ2v) is 5.61. The van der Waals surface area contributed by atoms with Crippen LogP contribution in [0.3, 0.4) is 0 Å². The molecule has 7 nitrogen and oxygen atoms in total. The van der Waals surface area contributed by atoms with Crippen LogP contribution in [0.15, 0.2) is 55.0 Å². The number of phenolic OH excluding ortho intramolecular Hbond substituents is 1.